The SMILES string of the molecule is C=C(CBr)C(C)(O)CBr. The average molecular weight is 258 g/mol. The third-order valence-electron chi connectivity index (χ3n) is 1.18. The van der Waals surface area contributed by atoms with Crippen LogP contribution in [0.5, 0.6) is 0 Å². The number of halogens is 2. The molecule has 0 aliphatic heterocycles. The first kappa shape index (κ1) is 9.66. The second-order valence-electron chi connectivity index (χ2n) is 2.14. The van der Waals surface area contributed by atoms with E-state index >= 15 is 0 Å². The molecule has 0 fully saturated rings. The van der Waals surface area contributed by atoms with Crippen LogP contribution in [0.15, 0.2) is 12.2 Å². The van der Waals surface area contributed by atoms with Crippen molar-refractivity contribution in [3.8, 4) is 0 Å². The maximum atomic E-state index is 9.42. The molecule has 0 radical (unpaired) electrons. The third kappa shape index (κ3) is 2.83. The summed E-state index contributed by atoms with van der Waals surface area (Å²) in [6, 6.07) is 0. The first-order valence-electron chi connectivity index (χ1n) is 2.57. The van der Waals surface area contributed by atoms with Crippen LogP contribution in [0.4, 0.5) is 0 Å². The summed E-state index contributed by atoms with van der Waals surface area (Å²) in [6.45, 7) is 5.42. The summed E-state index contributed by atoms with van der Waals surface area (Å²) < 4.78 is 0. The lowest BCUT2D eigenvalue weighted by Crippen LogP contribution is -2.28. The van der Waals surface area contributed by atoms with Gasteiger partial charge in [0, 0.05) is 10.7 Å². The molecule has 1 nitrogen and oxygen atoms in total. The quantitative estimate of drug-likeness (QED) is 0.607. The van der Waals surface area contributed by atoms with Gasteiger partial charge in [0.05, 0.1) is 5.60 Å². The molecule has 0 bridgehead atoms. The van der Waals surface area contributed by atoms with E-state index in [4.69, 9.17) is 0 Å². The molecule has 0 rings (SSSR count). The van der Waals surface area contributed by atoms with Crippen LogP contribution in [0.3, 0.4) is 0 Å². The van der Waals surface area contributed by atoms with Crippen molar-refractivity contribution in [1.82, 2.24) is 0 Å². The highest BCUT2D eigenvalue weighted by Gasteiger charge is 2.20. The van der Waals surface area contributed by atoms with Gasteiger partial charge in [0.2, 0.25) is 0 Å². The lowest BCUT2D eigenvalue weighted by atomic mass is 10.0. The van der Waals surface area contributed by atoms with Gasteiger partial charge in [0.1, 0.15) is 0 Å². The fraction of sp³-hybridized carbons (Fsp3) is 0.667. The fourth-order valence-corrected chi connectivity index (χ4v) is 1.24. The molecule has 0 spiro atoms. The zero-order valence-electron chi connectivity index (χ0n) is 5.32. The lowest BCUT2D eigenvalue weighted by Gasteiger charge is -2.21. The molecule has 54 valence electrons. The predicted octanol–water partition coefficient (Wildman–Crippen LogP) is 2.08. The molecule has 1 atom stereocenters. The molecular formula is C6H10Br2O. The summed E-state index contributed by atoms with van der Waals surface area (Å²) in [5.41, 5.74) is 0.0168. The normalized spacial score (nSPS) is 16.9. The minimum Gasteiger partial charge on any atom is -0.385 e. The molecular weight excluding hydrogens is 248 g/mol. The highest BCUT2D eigenvalue weighted by Crippen LogP contribution is 2.18. The van der Waals surface area contributed by atoms with E-state index in [-0.39, 0.29) is 0 Å². The maximum absolute atomic E-state index is 9.42. The van der Waals surface area contributed by atoms with Crippen LogP contribution in [0, 0.1) is 0 Å². The number of hydrogen-bond acceptors (Lipinski definition) is 1. The lowest BCUT2D eigenvalue weighted by molar-refractivity contribution is 0.127. The Morgan fingerprint density at radius 2 is 2.11 bits per heavy atom. The van der Waals surface area contributed by atoms with Gasteiger partial charge in [-0.25, -0.2) is 0 Å². The summed E-state index contributed by atoms with van der Waals surface area (Å²) in [5, 5.41) is 10.6. The van der Waals surface area contributed by atoms with Crippen LogP contribution in [0.2, 0.25) is 0 Å². The first-order valence-corrected chi connectivity index (χ1v) is 4.81. The van der Waals surface area contributed by atoms with Crippen LogP contribution in [-0.4, -0.2) is 21.4 Å². The Labute approximate surface area is 72.4 Å². The van der Waals surface area contributed by atoms with E-state index in [2.05, 4.69) is 38.4 Å². The molecule has 0 saturated carbocycles. The van der Waals surface area contributed by atoms with Crippen molar-refractivity contribution in [1.29, 1.82) is 0 Å². The number of aliphatic hydroxyl groups is 1. The standard InChI is InChI=1S/C6H10Br2O/c1-5(3-7)6(2,9)4-8/h9H,1,3-4H2,2H3. The van der Waals surface area contributed by atoms with Gasteiger partial charge in [0.25, 0.3) is 0 Å². The Kier molecular flexibility index (Phi) is 4.01. The molecule has 1 unspecified atom stereocenters. The van der Waals surface area contributed by atoms with Crippen LogP contribution in [0.1, 0.15) is 6.92 Å². The topological polar surface area (TPSA) is 20.2 Å². The molecule has 0 aliphatic carbocycles. The number of rotatable bonds is 3. The molecule has 0 heterocycles. The van der Waals surface area contributed by atoms with Gasteiger partial charge < -0.3 is 5.11 Å². The van der Waals surface area contributed by atoms with E-state index in [0.29, 0.717) is 10.7 Å². The molecule has 9 heavy (non-hydrogen) atoms. The summed E-state index contributed by atoms with van der Waals surface area (Å²) in [7, 11) is 0. The van der Waals surface area contributed by atoms with Gasteiger partial charge in [-0.15, -0.1) is 0 Å². The molecule has 0 amide bonds. The minimum atomic E-state index is -0.774. The molecule has 0 aromatic rings. The van der Waals surface area contributed by atoms with Gasteiger partial charge in [-0.1, -0.05) is 38.4 Å². The van der Waals surface area contributed by atoms with E-state index in [0.717, 1.165) is 5.57 Å². The third-order valence-corrected chi connectivity index (χ3v) is 2.95. The van der Waals surface area contributed by atoms with E-state index in [1.165, 1.54) is 0 Å². The summed E-state index contributed by atoms with van der Waals surface area (Å²) in [5.74, 6) is 0. The Morgan fingerprint density at radius 1 is 1.67 bits per heavy atom. The summed E-state index contributed by atoms with van der Waals surface area (Å²) in [4.78, 5) is 0. The Balaban J connectivity index is 3.97. The predicted molar refractivity (Wildman–Crippen MR) is 47.4 cm³/mol. The monoisotopic (exact) mass is 256 g/mol. The van der Waals surface area contributed by atoms with Crippen molar-refractivity contribution in [2.24, 2.45) is 0 Å². The van der Waals surface area contributed by atoms with E-state index < -0.39 is 5.60 Å². The fourth-order valence-electron chi connectivity index (χ4n) is 0.238. The van der Waals surface area contributed by atoms with Gasteiger partial charge in [-0.05, 0) is 12.5 Å². The molecule has 1 N–H and O–H groups in total. The largest absolute Gasteiger partial charge is 0.385 e. The number of hydrogen-bond donors (Lipinski definition) is 1. The Bertz CT molecular complexity index is 110. The van der Waals surface area contributed by atoms with Crippen LogP contribution in [0.25, 0.3) is 0 Å². The smallest absolute Gasteiger partial charge is 0.0930 e. The van der Waals surface area contributed by atoms with Gasteiger partial charge in [-0.2, -0.15) is 0 Å². The highest BCUT2D eigenvalue weighted by molar-refractivity contribution is 9.09. The first-order chi connectivity index (χ1) is 4.04. The van der Waals surface area contributed by atoms with Crippen molar-refractivity contribution in [3.05, 3.63) is 12.2 Å². The van der Waals surface area contributed by atoms with Crippen LogP contribution >= 0.6 is 31.9 Å². The molecule has 0 saturated heterocycles. The maximum Gasteiger partial charge on any atom is 0.0930 e. The minimum absolute atomic E-state index is 0.532. The second-order valence-corrected chi connectivity index (χ2v) is 3.27. The molecule has 0 aliphatic rings. The molecule has 3 heteroatoms. The second kappa shape index (κ2) is 3.74. The zero-order chi connectivity index (χ0) is 7.49. The van der Waals surface area contributed by atoms with E-state index in [9.17, 15) is 5.11 Å². The van der Waals surface area contributed by atoms with E-state index in [1.807, 2.05) is 0 Å². The summed E-state index contributed by atoms with van der Waals surface area (Å²) >= 11 is 6.39. The zero-order valence-corrected chi connectivity index (χ0v) is 8.50. The van der Waals surface area contributed by atoms with Crippen molar-refractivity contribution < 1.29 is 5.11 Å². The van der Waals surface area contributed by atoms with Crippen LogP contribution < -0.4 is 0 Å². The van der Waals surface area contributed by atoms with E-state index in [1.54, 1.807) is 6.92 Å². The van der Waals surface area contributed by atoms with Crippen molar-refractivity contribution in [2.75, 3.05) is 10.7 Å². The van der Waals surface area contributed by atoms with Crippen molar-refractivity contribution in [2.45, 2.75) is 12.5 Å². The Hall–Kier alpha value is 0.660. The van der Waals surface area contributed by atoms with Gasteiger partial charge in [-0.3, -0.25) is 0 Å². The van der Waals surface area contributed by atoms with Gasteiger partial charge >= 0.3 is 0 Å². The average Bonchev–Trinajstić information content (AvgIpc) is 1.86. The van der Waals surface area contributed by atoms with Crippen LogP contribution in [-0.2, 0) is 0 Å². The highest BCUT2D eigenvalue weighted by atomic mass is 79.9. The van der Waals surface area contributed by atoms with Crippen molar-refractivity contribution >= 4 is 31.9 Å². The molecule has 0 aromatic heterocycles. The van der Waals surface area contributed by atoms with Crippen molar-refractivity contribution in [3.63, 3.8) is 0 Å². The summed E-state index contributed by atoms with van der Waals surface area (Å²) in [6.07, 6.45) is 0. The van der Waals surface area contributed by atoms with Gasteiger partial charge in [0.15, 0.2) is 0 Å². The number of alkyl halides is 2. The molecule has 0 aromatic carbocycles. The Morgan fingerprint density at radius 3 is 2.22 bits per heavy atom.